The lowest BCUT2D eigenvalue weighted by atomic mass is 10.2. The van der Waals surface area contributed by atoms with Crippen molar-refractivity contribution in [2.45, 2.75) is 0 Å². The van der Waals surface area contributed by atoms with Crippen molar-refractivity contribution in [3.05, 3.63) is 73.2 Å². The minimum atomic E-state index is 0.775. The van der Waals surface area contributed by atoms with Crippen LogP contribution in [0, 0.1) is 0 Å². The first-order valence-corrected chi connectivity index (χ1v) is 7.29. The zero-order chi connectivity index (χ0) is 15.6. The number of para-hydroxylation sites is 1. The zero-order valence-corrected chi connectivity index (χ0v) is 12.4. The molecule has 0 spiro atoms. The molecule has 3 heterocycles. The second kappa shape index (κ2) is 5.46. The molecule has 112 valence electrons. The van der Waals surface area contributed by atoms with Crippen LogP contribution in [0.25, 0.3) is 28.0 Å². The van der Waals surface area contributed by atoms with E-state index in [0.717, 1.165) is 39.2 Å². The minimum absolute atomic E-state index is 0.775. The quantitative estimate of drug-likeness (QED) is 0.533. The molecule has 5 heteroatoms. The average Bonchev–Trinajstić information content (AvgIpc) is 3.21. The summed E-state index contributed by atoms with van der Waals surface area (Å²) in [7, 11) is 0. The van der Waals surface area contributed by atoms with Gasteiger partial charge in [0, 0.05) is 34.6 Å². The van der Waals surface area contributed by atoms with Gasteiger partial charge in [-0.2, -0.15) is 5.10 Å². The molecule has 0 aliphatic rings. The molecule has 0 radical (unpaired) electrons. The predicted octanol–water partition coefficient (Wildman–Crippen LogP) is 4.04. The third-order valence-corrected chi connectivity index (χ3v) is 3.73. The van der Waals surface area contributed by atoms with E-state index in [1.165, 1.54) is 0 Å². The maximum atomic E-state index is 4.15. The summed E-state index contributed by atoms with van der Waals surface area (Å²) >= 11 is 0. The van der Waals surface area contributed by atoms with Gasteiger partial charge in [0.05, 0.1) is 17.6 Å². The van der Waals surface area contributed by atoms with Crippen LogP contribution in [0.2, 0.25) is 0 Å². The summed E-state index contributed by atoms with van der Waals surface area (Å²) in [5.41, 5.74) is 5.55. The van der Waals surface area contributed by atoms with Crippen LogP contribution in [0.5, 0.6) is 0 Å². The smallest absolute Gasteiger partial charge is 0.105 e. The summed E-state index contributed by atoms with van der Waals surface area (Å²) in [6.45, 7) is 4.07. The largest absolute Gasteiger partial charge is 0.353 e. The van der Waals surface area contributed by atoms with Crippen LogP contribution in [0.15, 0.2) is 67.6 Å². The summed E-state index contributed by atoms with van der Waals surface area (Å²) < 4.78 is 0. The van der Waals surface area contributed by atoms with E-state index in [1.807, 2.05) is 24.3 Å². The van der Waals surface area contributed by atoms with Crippen molar-refractivity contribution in [3.63, 3.8) is 0 Å². The van der Waals surface area contributed by atoms with Crippen LogP contribution in [-0.4, -0.2) is 20.2 Å². The molecule has 3 N–H and O–H groups in total. The predicted molar refractivity (Wildman–Crippen MR) is 92.8 cm³/mol. The molecule has 0 saturated carbocycles. The topological polar surface area (TPSA) is 69.4 Å². The summed E-state index contributed by atoms with van der Waals surface area (Å²) in [5, 5.41) is 11.7. The van der Waals surface area contributed by atoms with Gasteiger partial charge in [0.25, 0.3) is 0 Å². The SMILES string of the molecule is C=C(Nc1cn[nH]c1-c1cc2ccccc2[nH]1)c1cccnc1. The van der Waals surface area contributed by atoms with Gasteiger partial charge in [-0.3, -0.25) is 10.1 Å². The average molecular weight is 301 g/mol. The molecule has 4 aromatic rings. The summed E-state index contributed by atoms with van der Waals surface area (Å²) in [6.07, 6.45) is 5.27. The number of H-pyrrole nitrogens is 2. The number of rotatable bonds is 4. The number of benzene rings is 1. The first-order chi connectivity index (χ1) is 11.3. The number of nitrogens with zero attached hydrogens (tertiary/aromatic N) is 2. The molecular formula is C18H15N5. The highest BCUT2D eigenvalue weighted by Crippen LogP contribution is 2.29. The Labute approximate surface area is 133 Å². The molecular weight excluding hydrogens is 286 g/mol. The molecule has 5 nitrogen and oxygen atoms in total. The van der Waals surface area contributed by atoms with Crippen LogP contribution in [-0.2, 0) is 0 Å². The maximum Gasteiger partial charge on any atom is 0.105 e. The number of hydrogen-bond acceptors (Lipinski definition) is 3. The van der Waals surface area contributed by atoms with Gasteiger partial charge in [0.1, 0.15) is 5.69 Å². The van der Waals surface area contributed by atoms with Gasteiger partial charge in [-0.25, -0.2) is 0 Å². The van der Waals surface area contributed by atoms with Crippen molar-refractivity contribution in [1.29, 1.82) is 0 Å². The van der Waals surface area contributed by atoms with Crippen LogP contribution in [0.4, 0.5) is 5.69 Å². The standard InChI is InChI=1S/C18H15N5/c1-12(14-6-4-8-19-10-14)21-17-11-20-23-18(17)16-9-13-5-2-3-7-15(13)22-16/h2-11,21-22H,1H2,(H,20,23). The number of hydrogen-bond donors (Lipinski definition) is 3. The second-order valence-electron chi connectivity index (χ2n) is 5.27. The number of aromatic amines is 2. The molecule has 0 fully saturated rings. The number of aromatic nitrogens is 4. The Morgan fingerprint density at radius 1 is 1.09 bits per heavy atom. The Kier molecular flexibility index (Phi) is 3.16. The van der Waals surface area contributed by atoms with Gasteiger partial charge in [-0.05, 0) is 24.3 Å². The molecule has 0 bridgehead atoms. The van der Waals surface area contributed by atoms with Crippen LogP contribution in [0.1, 0.15) is 5.56 Å². The number of pyridine rings is 1. The highest BCUT2D eigenvalue weighted by Gasteiger charge is 2.11. The molecule has 0 aliphatic carbocycles. The lowest BCUT2D eigenvalue weighted by molar-refractivity contribution is 1.09. The van der Waals surface area contributed by atoms with E-state index in [1.54, 1.807) is 18.6 Å². The van der Waals surface area contributed by atoms with E-state index in [4.69, 9.17) is 0 Å². The molecule has 0 unspecified atom stereocenters. The maximum absolute atomic E-state index is 4.15. The molecule has 3 aromatic heterocycles. The molecule has 1 aromatic carbocycles. The Balaban J connectivity index is 1.67. The fraction of sp³-hybridized carbons (Fsp3) is 0. The first-order valence-electron chi connectivity index (χ1n) is 7.29. The molecule has 0 amide bonds. The Bertz CT molecular complexity index is 932. The van der Waals surface area contributed by atoms with Crippen molar-refractivity contribution in [2.75, 3.05) is 5.32 Å². The van der Waals surface area contributed by atoms with Crippen molar-refractivity contribution < 1.29 is 0 Å². The van der Waals surface area contributed by atoms with Crippen LogP contribution >= 0.6 is 0 Å². The van der Waals surface area contributed by atoms with Gasteiger partial charge < -0.3 is 10.3 Å². The monoisotopic (exact) mass is 301 g/mol. The minimum Gasteiger partial charge on any atom is -0.353 e. The summed E-state index contributed by atoms with van der Waals surface area (Å²) in [6, 6.07) is 14.1. The summed E-state index contributed by atoms with van der Waals surface area (Å²) in [5.74, 6) is 0. The number of anilines is 1. The number of fused-ring (bicyclic) bond motifs is 1. The molecule has 0 aliphatic heterocycles. The van der Waals surface area contributed by atoms with Gasteiger partial charge in [0.2, 0.25) is 0 Å². The molecule has 0 atom stereocenters. The normalized spacial score (nSPS) is 10.8. The Morgan fingerprint density at radius 3 is 2.83 bits per heavy atom. The van der Waals surface area contributed by atoms with Crippen molar-refractivity contribution in [2.24, 2.45) is 0 Å². The summed E-state index contributed by atoms with van der Waals surface area (Å²) in [4.78, 5) is 7.51. The first kappa shape index (κ1) is 13.3. The van der Waals surface area contributed by atoms with Crippen molar-refractivity contribution in [1.82, 2.24) is 20.2 Å². The lowest BCUT2D eigenvalue weighted by Gasteiger charge is -2.09. The van der Waals surface area contributed by atoms with E-state index in [0.29, 0.717) is 0 Å². The van der Waals surface area contributed by atoms with Gasteiger partial charge in [0.15, 0.2) is 0 Å². The van der Waals surface area contributed by atoms with Crippen LogP contribution < -0.4 is 5.32 Å². The van der Waals surface area contributed by atoms with Gasteiger partial charge in [-0.15, -0.1) is 0 Å². The Morgan fingerprint density at radius 2 is 2.00 bits per heavy atom. The zero-order valence-electron chi connectivity index (χ0n) is 12.4. The molecule has 4 rings (SSSR count). The van der Waals surface area contributed by atoms with Crippen molar-refractivity contribution >= 4 is 22.3 Å². The Hall–Kier alpha value is -3.34. The molecule has 0 saturated heterocycles. The molecule has 23 heavy (non-hydrogen) atoms. The second-order valence-corrected chi connectivity index (χ2v) is 5.27. The highest BCUT2D eigenvalue weighted by atomic mass is 15.1. The third-order valence-electron chi connectivity index (χ3n) is 3.73. The fourth-order valence-corrected chi connectivity index (χ4v) is 2.57. The van der Waals surface area contributed by atoms with E-state index < -0.39 is 0 Å². The van der Waals surface area contributed by atoms with E-state index in [2.05, 4.69) is 50.3 Å². The lowest BCUT2D eigenvalue weighted by Crippen LogP contribution is -1.98. The van der Waals surface area contributed by atoms with E-state index >= 15 is 0 Å². The van der Waals surface area contributed by atoms with Crippen LogP contribution in [0.3, 0.4) is 0 Å². The van der Waals surface area contributed by atoms with E-state index in [-0.39, 0.29) is 0 Å². The van der Waals surface area contributed by atoms with E-state index in [9.17, 15) is 0 Å². The van der Waals surface area contributed by atoms with Gasteiger partial charge in [-0.1, -0.05) is 24.8 Å². The third kappa shape index (κ3) is 2.48. The number of nitrogens with one attached hydrogen (secondary N) is 3. The fourth-order valence-electron chi connectivity index (χ4n) is 2.57. The van der Waals surface area contributed by atoms with Crippen molar-refractivity contribution in [3.8, 4) is 11.4 Å². The van der Waals surface area contributed by atoms with Gasteiger partial charge >= 0.3 is 0 Å². The highest BCUT2D eigenvalue weighted by molar-refractivity contribution is 5.89.